The third kappa shape index (κ3) is 4.93. The summed E-state index contributed by atoms with van der Waals surface area (Å²) in [5, 5.41) is 0.733. The molecule has 0 bridgehead atoms. The number of sulfonamides is 1. The van der Waals surface area contributed by atoms with Gasteiger partial charge in [-0.3, -0.25) is 9.59 Å². The van der Waals surface area contributed by atoms with Gasteiger partial charge in [-0.05, 0) is 48.9 Å². The van der Waals surface area contributed by atoms with E-state index in [4.69, 9.17) is 4.74 Å². The predicted octanol–water partition coefficient (Wildman–Crippen LogP) is 4.13. The van der Waals surface area contributed by atoms with Crippen LogP contribution in [0.1, 0.15) is 28.4 Å². The molecule has 4 aromatic rings. The molecule has 0 spiro atoms. The van der Waals surface area contributed by atoms with Gasteiger partial charge in [0.15, 0.2) is 5.78 Å². The van der Waals surface area contributed by atoms with Crippen molar-refractivity contribution >= 4 is 26.7 Å². The van der Waals surface area contributed by atoms with Crippen LogP contribution < -0.4 is 10.3 Å². The molecule has 34 heavy (non-hydrogen) atoms. The Balaban J connectivity index is 1.76. The summed E-state index contributed by atoms with van der Waals surface area (Å²) < 4.78 is 33.7. The van der Waals surface area contributed by atoms with Crippen LogP contribution in [0.25, 0.3) is 10.9 Å². The van der Waals surface area contributed by atoms with Crippen LogP contribution in [-0.2, 0) is 23.1 Å². The number of nitrogens with zero attached hydrogens (tertiary/aromatic N) is 1. The van der Waals surface area contributed by atoms with Gasteiger partial charge in [-0.15, -0.1) is 0 Å². The number of carbonyl (C=O) groups is 1. The van der Waals surface area contributed by atoms with Crippen molar-refractivity contribution in [2.24, 2.45) is 0 Å². The highest BCUT2D eigenvalue weighted by Gasteiger charge is 2.26. The second-order valence-corrected chi connectivity index (χ2v) is 9.85. The highest BCUT2D eigenvalue weighted by atomic mass is 32.2. The lowest BCUT2D eigenvalue weighted by Crippen LogP contribution is -2.32. The molecule has 174 valence electrons. The first kappa shape index (κ1) is 23.4. The highest BCUT2D eigenvalue weighted by molar-refractivity contribution is 7.89. The minimum atomic E-state index is -3.98. The number of hydrogen-bond donors (Lipinski definition) is 1. The third-order valence-electron chi connectivity index (χ3n) is 5.58. The predicted molar refractivity (Wildman–Crippen MR) is 130 cm³/mol. The number of hydrogen-bond acceptors (Lipinski definition) is 5. The molecule has 0 fully saturated rings. The van der Waals surface area contributed by atoms with Crippen molar-refractivity contribution in [2.75, 3.05) is 7.11 Å². The van der Waals surface area contributed by atoms with Crippen LogP contribution in [-0.4, -0.2) is 30.6 Å². The van der Waals surface area contributed by atoms with Crippen LogP contribution in [0.4, 0.5) is 0 Å². The van der Waals surface area contributed by atoms with Crippen molar-refractivity contribution in [3.63, 3.8) is 0 Å². The van der Waals surface area contributed by atoms with Gasteiger partial charge < -0.3 is 9.72 Å². The van der Waals surface area contributed by atoms with Gasteiger partial charge in [0.2, 0.25) is 10.0 Å². The first-order valence-corrected chi connectivity index (χ1v) is 12.1. The van der Waals surface area contributed by atoms with Crippen molar-refractivity contribution in [3.8, 4) is 5.75 Å². The maximum absolute atomic E-state index is 13.6. The molecule has 0 aliphatic heterocycles. The molecule has 0 saturated heterocycles. The molecule has 1 N–H and O–H groups in total. The Kier molecular flexibility index (Phi) is 6.63. The highest BCUT2D eigenvalue weighted by Crippen LogP contribution is 2.23. The van der Waals surface area contributed by atoms with Crippen LogP contribution in [0.3, 0.4) is 0 Å². The minimum absolute atomic E-state index is 0.0484. The lowest BCUT2D eigenvalue weighted by molar-refractivity contribution is 0.101. The van der Waals surface area contributed by atoms with Crippen molar-refractivity contribution in [2.45, 2.75) is 24.9 Å². The molecule has 0 aliphatic carbocycles. The number of aromatic nitrogens is 1. The van der Waals surface area contributed by atoms with Crippen molar-refractivity contribution in [3.05, 3.63) is 106 Å². The number of ketones is 1. The number of fused-ring (bicyclic) bond motifs is 1. The van der Waals surface area contributed by atoms with E-state index < -0.39 is 10.0 Å². The maximum atomic E-state index is 13.6. The van der Waals surface area contributed by atoms with Crippen LogP contribution in [0.2, 0.25) is 0 Å². The average Bonchev–Trinajstić information content (AvgIpc) is 2.84. The zero-order valence-electron chi connectivity index (χ0n) is 18.8. The van der Waals surface area contributed by atoms with Gasteiger partial charge in [-0.25, -0.2) is 8.42 Å². The van der Waals surface area contributed by atoms with E-state index in [0.717, 1.165) is 10.9 Å². The summed E-state index contributed by atoms with van der Waals surface area (Å²) in [5.74, 6) is 0.480. The second kappa shape index (κ2) is 9.62. The number of aromatic amines is 1. The van der Waals surface area contributed by atoms with E-state index in [2.05, 4.69) is 4.98 Å². The zero-order chi connectivity index (χ0) is 24.3. The van der Waals surface area contributed by atoms with E-state index in [1.54, 1.807) is 31.4 Å². The number of carbonyl (C=O) groups excluding carboxylic acids is 1. The fraction of sp³-hybridized carbons (Fsp3) is 0.154. The first-order chi connectivity index (χ1) is 16.3. The number of pyridine rings is 1. The van der Waals surface area contributed by atoms with Crippen LogP contribution in [0, 0.1) is 0 Å². The minimum Gasteiger partial charge on any atom is -0.497 e. The third-order valence-corrected chi connectivity index (χ3v) is 7.38. The number of H-pyrrole nitrogens is 1. The Bertz CT molecular complexity index is 1490. The van der Waals surface area contributed by atoms with Gasteiger partial charge in [-0.1, -0.05) is 42.5 Å². The van der Waals surface area contributed by atoms with Gasteiger partial charge in [0.1, 0.15) is 5.75 Å². The molecule has 0 saturated carbocycles. The maximum Gasteiger partial charge on any atom is 0.252 e. The summed E-state index contributed by atoms with van der Waals surface area (Å²) in [6.45, 7) is 1.37. The average molecular weight is 477 g/mol. The number of ether oxygens (including phenoxy) is 1. The lowest BCUT2D eigenvalue weighted by atomic mass is 10.1. The molecule has 7 nitrogen and oxygen atoms in total. The number of methoxy groups -OCH3 is 1. The molecule has 4 rings (SSSR count). The van der Waals surface area contributed by atoms with Gasteiger partial charge in [0, 0.05) is 35.1 Å². The molecule has 0 amide bonds. The molecular weight excluding hydrogens is 452 g/mol. The summed E-state index contributed by atoms with van der Waals surface area (Å²) in [5.41, 5.74) is 1.78. The molecule has 0 unspecified atom stereocenters. The molecule has 0 atom stereocenters. The molecule has 3 aromatic carbocycles. The van der Waals surface area contributed by atoms with E-state index in [1.165, 1.54) is 35.5 Å². The largest absolute Gasteiger partial charge is 0.497 e. The van der Waals surface area contributed by atoms with Gasteiger partial charge >= 0.3 is 0 Å². The lowest BCUT2D eigenvalue weighted by Gasteiger charge is -2.22. The molecular formula is C26H24N2O5S. The van der Waals surface area contributed by atoms with Gasteiger partial charge in [0.05, 0.1) is 12.0 Å². The van der Waals surface area contributed by atoms with Crippen molar-refractivity contribution in [1.29, 1.82) is 0 Å². The monoisotopic (exact) mass is 476 g/mol. The Morgan fingerprint density at radius 1 is 0.941 bits per heavy atom. The number of Topliss-reactive ketones (excluding diaryl/α,β-unsaturated/α-hetero) is 1. The van der Waals surface area contributed by atoms with E-state index in [9.17, 15) is 18.0 Å². The molecule has 0 radical (unpaired) electrons. The zero-order valence-corrected chi connectivity index (χ0v) is 19.6. The Morgan fingerprint density at radius 3 is 2.29 bits per heavy atom. The Labute approximate surface area is 197 Å². The van der Waals surface area contributed by atoms with E-state index in [1.807, 2.05) is 30.3 Å². The molecule has 1 heterocycles. The van der Waals surface area contributed by atoms with E-state index in [0.29, 0.717) is 22.4 Å². The SMILES string of the molecule is COc1ccc2[nH]c(=O)c(CN(Cc3ccccc3)S(=O)(=O)c3ccc(C(C)=O)cc3)cc2c1. The fourth-order valence-electron chi connectivity index (χ4n) is 3.69. The summed E-state index contributed by atoms with van der Waals surface area (Å²) in [6.07, 6.45) is 0. The summed E-state index contributed by atoms with van der Waals surface area (Å²) in [6, 6.07) is 21.9. The number of nitrogens with one attached hydrogen (secondary N) is 1. The number of rotatable bonds is 8. The van der Waals surface area contributed by atoms with Gasteiger partial charge in [-0.2, -0.15) is 4.31 Å². The number of benzene rings is 3. The quantitative estimate of drug-likeness (QED) is 0.386. The molecule has 1 aromatic heterocycles. The fourth-order valence-corrected chi connectivity index (χ4v) is 5.09. The van der Waals surface area contributed by atoms with E-state index >= 15 is 0 Å². The summed E-state index contributed by atoms with van der Waals surface area (Å²) in [7, 11) is -2.42. The van der Waals surface area contributed by atoms with Crippen molar-refractivity contribution in [1.82, 2.24) is 9.29 Å². The van der Waals surface area contributed by atoms with Gasteiger partial charge in [0.25, 0.3) is 5.56 Å². The first-order valence-electron chi connectivity index (χ1n) is 10.6. The molecule has 0 aliphatic rings. The van der Waals surface area contributed by atoms with Crippen molar-refractivity contribution < 1.29 is 17.9 Å². The van der Waals surface area contributed by atoms with Crippen LogP contribution in [0.15, 0.2) is 88.6 Å². The summed E-state index contributed by atoms with van der Waals surface area (Å²) in [4.78, 5) is 27.3. The van der Waals surface area contributed by atoms with Crippen LogP contribution >= 0.6 is 0 Å². The summed E-state index contributed by atoms with van der Waals surface area (Å²) >= 11 is 0. The normalized spacial score (nSPS) is 11.6. The van der Waals surface area contributed by atoms with Crippen LogP contribution in [0.5, 0.6) is 5.75 Å². The topological polar surface area (TPSA) is 96.5 Å². The standard InChI is InChI=1S/C26H24N2O5S/c1-18(29)20-8-11-24(12-9-20)34(31,32)28(16-19-6-4-3-5-7-19)17-22-14-21-15-23(33-2)10-13-25(21)27-26(22)30/h3-15H,16-17H2,1-2H3,(H,27,30). The smallest absolute Gasteiger partial charge is 0.252 e. The Morgan fingerprint density at radius 2 is 1.65 bits per heavy atom. The Hall–Kier alpha value is -3.75. The molecule has 8 heteroatoms. The van der Waals surface area contributed by atoms with E-state index in [-0.39, 0.29) is 29.3 Å². The second-order valence-electron chi connectivity index (χ2n) is 7.92.